The third-order valence-corrected chi connectivity index (χ3v) is 4.30. The van der Waals surface area contributed by atoms with Gasteiger partial charge in [0.15, 0.2) is 5.78 Å². The van der Waals surface area contributed by atoms with E-state index in [1.54, 1.807) is 41.1 Å². The van der Waals surface area contributed by atoms with Crippen LogP contribution < -0.4 is 0 Å². The second-order valence-corrected chi connectivity index (χ2v) is 6.22. The normalized spacial score (nSPS) is 11.3. The number of rotatable bonds is 4. The molecule has 0 saturated carbocycles. The summed E-state index contributed by atoms with van der Waals surface area (Å²) in [7, 11) is 0. The van der Waals surface area contributed by atoms with Gasteiger partial charge < -0.3 is 0 Å². The molecule has 4 rings (SSSR count). The maximum Gasteiger partial charge on any atom is 0.185 e. The maximum atomic E-state index is 12.3. The Morgan fingerprint density at radius 3 is 2.42 bits per heavy atom. The van der Waals surface area contributed by atoms with E-state index in [1.807, 2.05) is 48.5 Å². The van der Waals surface area contributed by atoms with E-state index < -0.39 is 0 Å². The number of carbonyl (C=O) groups excluding carboxylic acids is 1. The highest BCUT2D eigenvalue weighted by atomic mass is 35.5. The summed E-state index contributed by atoms with van der Waals surface area (Å²) in [4.78, 5) is 12.3. The molecule has 0 aliphatic heterocycles. The summed E-state index contributed by atoms with van der Waals surface area (Å²) < 4.78 is 1.76. The molecular weight excluding hydrogens is 346 g/mol. The molecule has 0 saturated heterocycles. The molecule has 0 N–H and O–H groups in total. The Balaban J connectivity index is 1.55. The lowest BCUT2D eigenvalue weighted by atomic mass is 10.1. The second kappa shape index (κ2) is 6.94. The summed E-state index contributed by atoms with van der Waals surface area (Å²) in [5.74, 6) is -0.0602. The number of para-hydroxylation sites is 1. The van der Waals surface area contributed by atoms with Crippen LogP contribution >= 0.6 is 11.6 Å². The number of nitrogens with zero attached hydrogens (tertiary/aromatic N) is 3. The van der Waals surface area contributed by atoms with Crippen LogP contribution in [0.4, 0.5) is 0 Å². The van der Waals surface area contributed by atoms with Crippen molar-refractivity contribution >= 4 is 34.5 Å². The predicted molar refractivity (Wildman–Crippen MR) is 104 cm³/mol. The monoisotopic (exact) mass is 359 g/mol. The fraction of sp³-hybridized carbons (Fsp3) is 0. The van der Waals surface area contributed by atoms with E-state index in [-0.39, 0.29) is 5.78 Å². The van der Waals surface area contributed by atoms with Crippen molar-refractivity contribution in [2.45, 2.75) is 0 Å². The van der Waals surface area contributed by atoms with Crippen LogP contribution in [0.1, 0.15) is 15.9 Å². The lowest BCUT2D eigenvalue weighted by Gasteiger charge is -2.03. The smallest absolute Gasteiger partial charge is 0.185 e. The van der Waals surface area contributed by atoms with Crippen molar-refractivity contribution in [3.05, 3.63) is 95.0 Å². The number of ketones is 1. The first-order valence-electron chi connectivity index (χ1n) is 8.09. The standard InChI is InChI=1S/C21H14ClN3O/c22-17-10-5-15(6-11-17)7-14-21(26)16-8-12-18(13-9-16)25-20-4-2-1-3-19(20)23-24-25/h1-14H/b14-7+. The van der Waals surface area contributed by atoms with E-state index in [2.05, 4.69) is 10.3 Å². The molecule has 5 heteroatoms. The minimum absolute atomic E-state index is 0.0602. The highest BCUT2D eigenvalue weighted by molar-refractivity contribution is 6.30. The molecule has 0 fully saturated rings. The van der Waals surface area contributed by atoms with Gasteiger partial charge in [-0.1, -0.05) is 47.2 Å². The fourth-order valence-corrected chi connectivity index (χ4v) is 2.79. The summed E-state index contributed by atoms with van der Waals surface area (Å²) in [6, 6.07) is 22.4. The highest BCUT2D eigenvalue weighted by Crippen LogP contribution is 2.17. The van der Waals surface area contributed by atoms with Crippen molar-refractivity contribution in [1.82, 2.24) is 15.0 Å². The van der Waals surface area contributed by atoms with Gasteiger partial charge in [-0.15, -0.1) is 5.10 Å². The largest absolute Gasteiger partial charge is 0.289 e. The SMILES string of the molecule is O=C(/C=C/c1ccc(Cl)cc1)c1ccc(-n2nnc3ccccc32)cc1. The number of allylic oxidation sites excluding steroid dienone is 1. The molecule has 4 nitrogen and oxygen atoms in total. The number of benzene rings is 3. The summed E-state index contributed by atoms with van der Waals surface area (Å²) in [6.07, 6.45) is 3.33. The lowest BCUT2D eigenvalue weighted by molar-refractivity contribution is 0.104. The fourth-order valence-electron chi connectivity index (χ4n) is 2.67. The number of fused-ring (bicyclic) bond motifs is 1. The summed E-state index contributed by atoms with van der Waals surface area (Å²) in [5.41, 5.74) is 4.15. The van der Waals surface area contributed by atoms with Crippen molar-refractivity contribution in [2.75, 3.05) is 0 Å². The number of halogens is 1. The van der Waals surface area contributed by atoms with Crippen molar-refractivity contribution < 1.29 is 4.79 Å². The summed E-state index contributed by atoms with van der Waals surface area (Å²) in [6.45, 7) is 0. The lowest BCUT2D eigenvalue weighted by Crippen LogP contribution is -1.99. The van der Waals surface area contributed by atoms with Gasteiger partial charge in [0.25, 0.3) is 0 Å². The number of aromatic nitrogens is 3. The van der Waals surface area contributed by atoms with Gasteiger partial charge in [0, 0.05) is 10.6 Å². The minimum Gasteiger partial charge on any atom is -0.289 e. The average molecular weight is 360 g/mol. The van der Waals surface area contributed by atoms with Crippen LogP contribution in [0, 0.1) is 0 Å². The predicted octanol–water partition coefficient (Wildman–Crippen LogP) is 4.97. The zero-order chi connectivity index (χ0) is 17.9. The molecule has 0 unspecified atom stereocenters. The van der Waals surface area contributed by atoms with Crippen molar-refractivity contribution in [3.8, 4) is 5.69 Å². The van der Waals surface area contributed by atoms with Crippen molar-refractivity contribution in [3.63, 3.8) is 0 Å². The first-order chi connectivity index (χ1) is 12.7. The Morgan fingerprint density at radius 2 is 1.65 bits per heavy atom. The van der Waals surface area contributed by atoms with Crippen LogP contribution in [0.15, 0.2) is 78.9 Å². The second-order valence-electron chi connectivity index (χ2n) is 5.79. The van der Waals surface area contributed by atoms with E-state index in [4.69, 9.17) is 11.6 Å². The molecule has 0 atom stereocenters. The Labute approximate surface area is 155 Å². The minimum atomic E-state index is -0.0602. The Hall–Kier alpha value is -3.24. The molecule has 1 heterocycles. The van der Waals surface area contributed by atoms with Gasteiger partial charge in [0.2, 0.25) is 0 Å². The highest BCUT2D eigenvalue weighted by Gasteiger charge is 2.07. The number of hydrogen-bond donors (Lipinski definition) is 0. The molecule has 0 radical (unpaired) electrons. The van der Waals surface area contributed by atoms with Gasteiger partial charge in [-0.05, 0) is 60.2 Å². The Morgan fingerprint density at radius 1 is 0.923 bits per heavy atom. The Kier molecular flexibility index (Phi) is 4.33. The van der Waals surface area contributed by atoms with Crippen LogP contribution in [0.2, 0.25) is 5.02 Å². The van der Waals surface area contributed by atoms with Crippen LogP contribution in [0.5, 0.6) is 0 Å². The molecule has 1 aromatic heterocycles. The van der Waals surface area contributed by atoms with E-state index in [9.17, 15) is 4.79 Å². The van der Waals surface area contributed by atoms with Gasteiger partial charge in [-0.25, -0.2) is 4.68 Å². The number of carbonyl (C=O) groups is 1. The van der Waals surface area contributed by atoms with Crippen LogP contribution in [0.25, 0.3) is 22.8 Å². The molecule has 4 aromatic rings. The summed E-state index contributed by atoms with van der Waals surface area (Å²) >= 11 is 5.86. The van der Waals surface area contributed by atoms with Crippen LogP contribution in [0.3, 0.4) is 0 Å². The zero-order valence-corrected chi connectivity index (χ0v) is 14.5. The van der Waals surface area contributed by atoms with Crippen LogP contribution in [-0.4, -0.2) is 20.8 Å². The average Bonchev–Trinajstić information content (AvgIpc) is 3.11. The summed E-state index contributed by atoms with van der Waals surface area (Å²) in [5, 5.41) is 9.00. The van der Waals surface area contributed by atoms with Gasteiger partial charge in [-0.3, -0.25) is 4.79 Å². The molecule has 0 bridgehead atoms. The van der Waals surface area contributed by atoms with E-state index in [0.29, 0.717) is 10.6 Å². The molecule has 26 heavy (non-hydrogen) atoms. The van der Waals surface area contributed by atoms with Crippen molar-refractivity contribution in [2.24, 2.45) is 0 Å². The maximum absolute atomic E-state index is 12.3. The van der Waals surface area contributed by atoms with Crippen LogP contribution in [-0.2, 0) is 0 Å². The topological polar surface area (TPSA) is 47.8 Å². The Bertz CT molecular complexity index is 1100. The van der Waals surface area contributed by atoms with E-state index >= 15 is 0 Å². The molecule has 126 valence electrons. The molecule has 0 spiro atoms. The third-order valence-electron chi connectivity index (χ3n) is 4.05. The molecule has 0 amide bonds. The third kappa shape index (κ3) is 3.27. The van der Waals surface area contributed by atoms with Gasteiger partial charge in [0.1, 0.15) is 5.52 Å². The number of hydrogen-bond acceptors (Lipinski definition) is 3. The van der Waals surface area contributed by atoms with E-state index in [0.717, 1.165) is 22.3 Å². The van der Waals surface area contributed by atoms with Gasteiger partial charge in [-0.2, -0.15) is 0 Å². The van der Waals surface area contributed by atoms with Gasteiger partial charge >= 0.3 is 0 Å². The first-order valence-corrected chi connectivity index (χ1v) is 8.47. The molecule has 3 aromatic carbocycles. The molecule has 0 aliphatic rings. The van der Waals surface area contributed by atoms with Gasteiger partial charge in [0.05, 0.1) is 11.2 Å². The van der Waals surface area contributed by atoms with E-state index in [1.165, 1.54) is 0 Å². The first kappa shape index (κ1) is 16.2. The zero-order valence-electron chi connectivity index (χ0n) is 13.7. The molecule has 0 aliphatic carbocycles. The quantitative estimate of drug-likeness (QED) is 0.382. The van der Waals surface area contributed by atoms with Crippen molar-refractivity contribution in [1.29, 1.82) is 0 Å². The molecular formula is C21H14ClN3O.